The average Bonchev–Trinajstić information content (AvgIpc) is 2.78. The number of nitrogens with zero attached hydrogens (tertiary/aromatic N) is 1. The Kier molecular flexibility index (Phi) is 4.88. The van der Waals surface area contributed by atoms with Gasteiger partial charge in [-0.1, -0.05) is 38.1 Å². The molecule has 0 fully saturated rings. The van der Waals surface area contributed by atoms with E-state index in [0.29, 0.717) is 17.8 Å². The van der Waals surface area contributed by atoms with Crippen LogP contribution < -0.4 is 5.32 Å². The molecule has 0 saturated carbocycles. The fraction of sp³-hybridized carbons (Fsp3) is 0.500. The molecule has 1 unspecified atom stereocenters. The van der Waals surface area contributed by atoms with Crippen LogP contribution in [0.4, 0.5) is 0 Å². The Morgan fingerprint density at radius 1 is 1.38 bits per heavy atom. The number of para-hydroxylation sites is 1. The van der Waals surface area contributed by atoms with Gasteiger partial charge in [0.2, 0.25) is 5.91 Å². The molecule has 1 heterocycles. The number of aromatic nitrogens is 1. The number of hydrogen-bond donors (Lipinski definition) is 1. The van der Waals surface area contributed by atoms with Crippen molar-refractivity contribution >= 4 is 28.5 Å². The van der Waals surface area contributed by atoms with E-state index in [1.165, 1.54) is 0 Å². The molecule has 1 N–H and O–H groups in total. The number of carbonyl (C=O) groups excluding carboxylic acids is 1. The lowest BCUT2D eigenvalue weighted by molar-refractivity contribution is -0.120. The Morgan fingerprint density at radius 2 is 2.10 bits per heavy atom. The van der Waals surface area contributed by atoms with Crippen LogP contribution in [0.3, 0.4) is 0 Å². The largest absolute Gasteiger partial charge is 0.356 e. The highest BCUT2D eigenvalue weighted by Gasteiger charge is 2.18. The molecule has 4 nitrogen and oxygen atoms in total. The Balaban J connectivity index is 1.88. The van der Waals surface area contributed by atoms with E-state index in [-0.39, 0.29) is 23.1 Å². The minimum atomic E-state index is -0.0892. The SMILES string of the molecule is CC(C)(C)CC(Cl)CNC(=O)Cc1noc2ccccc12. The number of nitrogens with one attached hydrogen (secondary N) is 1. The second kappa shape index (κ2) is 6.48. The van der Waals surface area contributed by atoms with Crippen molar-refractivity contribution in [3.63, 3.8) is 0 Å². The van der Waals surface area contributed by atoms with Crippen LogP contribution in [0.1, 0.15) is 32.9 Å². The number of carbonyl (C=O) groups is 1. The zero-order valence-corrected chi connectivity index (χ0v) is 13.4. The molecule has 21 heavy (non-hydrogen) atoms. The normalized spacial score (nSPS) is 13.3. The minimum absolute atomic E-state index is 0.0667. The molecule has 1 amide bonds. The summed E-state index contributed by atoms with van der Waals surface area (Å²) in [5.74, 6) is -0.0892. The van der Waals surface area contributed by atoms with Gasteiger partial charge in [0, 0.05) is 11.9 Å². The molecule has 0 spiro atoms. The smallest absolute Gasteiger partial charge is 0.226 e. The molecule has 0 bridgehead atoms. The van der Waals surface area contributed by atoms with E-state index in [2.05, 4.69) is 31.2 Å². The predicted octanol–water partition coefficient (Wildman–Crippen LogP) is 3.53. The fourth-order valence-corrected chi connectivity index (χ4v) is 2.78. The van der Waals surface area contributed by atoms with Crippen molar-refractivity contribution in [1.29, 1.82) is 0 Å². The summed E-state index contributed by atoms with van der Waals surface area (Å²) in [6, 6.07) is 7.52. The quantitative estimate of drug-likeness (QED) is 0.860. The van der Waals surface area contributed by atoms with E-state index >= 15 is 0 Å². The topological polar surface area (TPSA) is 55.1 Å². The van der Waals surface area contributed by atoms with E-state index in [4.69, 9.17) is 16.1 Å². The summed E-state index contributed by atoms with van der Waals surface area (Å²) in [6.07, 6.45) is 1.05. The number of amides is 1. The molecule has 0 saturated heterocycles. The molecule has 114 valence electrons. The zero-order valence-electron chi connectivity index (χ0n) is 12.6. The van der Waals surface area contributed by atoms with Gasteiger partial charge in [-0.15, -0.1) is 11.6 Å². The number of hydrogen-bond acceptors (Lipinski definition) is 3. The Bertz CT molecular complexity index is 616. The van der Waals surface area contributed by atoms with Crippen molar-refractivity contribution in [2.24, 2.45) is 5.41 Å². The first-order chi connectivity index (χ1) is 9.85. The van der Waals surface area contributed by atoms with E-state index in [1.54, 1.807) is 0 Å². The first-order valence-electron chi connectivity index (χ1n) is 7.09. The van der Waals surface area contributed by atoms with Crippen molar-refractivity contribution in [1.82, 2.24) is 10.5 Å². The van der Waals surface area contributed by atoms with Gasteiger partial charge in [0.05, 0.1) is 11.8 Å². The lowest BCUT2D eigenvalue weighted by Crippen LogP contribution is -2.32. The highest BCUT2D eigenvalue weighted by molar-refractivity contribution is 6.20. The fourth-order valence-electron chi connectivity index (χ4n) is 2.24. The predicted molar refractivity (Wildman–Crippen MR) is 84.4 cm³/mol. The second-order valence-electron chi connectivity index (χ2n) is 6.47. The standard InChI is InChI=1S/C16H21ClN2O2/c1-16(2,3)9-11(17)10-18-15(20)8-13-12-6-4-5-7-14(12)21-19-13/h4-7,11H,8-10H2,1-3H3,(H,18,20). The van der Waals surface area contributed by atoms with Gasteiger partial charge in [0.15, 0.2) is 5.58 Å². The Hall–Kier alpha value is -1.55. The van der Waals surface area contributed by atoms with E-state index in [9.17, 15) is 4.79 Å². The summed E-state index contributed by atoms with van der Waals surface area (Å²) in [5.41, 5.74) is 1.51. The molecule has 5 heteroatoms. The lowest BCUT2D eigenvalue weighted by atomic mass is 9.90. The van der Waals surface area contributed by atoms with Gasteiger partial charge in [-0.25, -0.2) is 0 Å². The maximum atomic E-state index is 12.0. The van der Waals surface area contributed by atoms with Gasteiger partial charge < -0.3 is 9.84 Å². The van der Waals surface area contributed by atoms with Crippen molar-refractivity contribution in [2.45, 2.75) is 39.0 Å². The second-order valence-corrected chi connectivity index (χ2v) is 7.09. The summed E-state index contributed by atoms with van der Waals surface area (Å²) in [4.78, 5) is 12.0. The minimum Gasteiger partial charge on any atom is -0.356 e. The third-order valence-corrected chi connectivity index (χ3v) is 3.44. The van der Waals surface area contributed by atoms with E-state index in [1.807, 2.05) is 24.3 Å². The molecule has 1 aromatic carbocycles. The lowest BCUT2D eigenvalue weighted by Gasteiger charge is -2.21. The van der Waals surface area contributed by atoms with Gasteiger partial charge >= 0.3 is 0 Å². The molecule has 0 aliphatic rings. The maximum Gasteiger partial charge on any atom is 0.226 e. The molecule has 0 aliphatic carbocycles. The van der Waals surface area contributed by atoms with E-state index < -0.39 is 0 Å². The van der Waals surface area contributed by atoms with Crippen molar-refractivity contribution in [3.8, 4) is 0 Å². The van der Waals surface area contributed by atoms with Crippen LogP contribution in [0.25, 0.3) is 11.0 Å². The number of benzene rings is 1. The van der Waals surface area contributed by atoms with Crippen LogP contribution in [-0.2, 0) is 11.2 Å². The van der Waals surface area contributed by atoms with Gasteiger partial charge in [0.1, 0.15) is 5.69 Å². The number of halogens is 1. The molecule has 2 rings (SSSR count). The van der Waals surface area contributed by atoms with Gasteiger partial charge in [-0.05, 0) is 24.0 Å². The summed E-state index contributed by atoms with van der Waals surface area (Å²) in [6.45, 7) is 6.86. The van der Waals surface area contributed by atoms with Crippen LogP contribution in [0, 0.1) is 5.41 Å². The molecular weight excluding hydrogens is 288 g/mol. The van der Waals surface area contributed by atoms with E-state index in [0.717, 1.165) is 11.8 Å². The third kappa shape index (κ3) is 4.74. The number of fused-ring (bicyclic) bond motifs is 1. The van der Waals surface area contributed by atoms with Crippen LogP contribution in [0.15, 0.2) is 28.8 Å². The van der Waals surface area contributed by atoms with Crippen molar-refractivity contribution in [2.75, 3.05) is 6.54 Å². The highest BCUT2D eigenvalue weighted by atomic mass is 35.5. The Labute approximate surface area is 129 Å². The maximum absolute atomic E-state index is 12.0. The summed E-state index contributed by atoms with van der Waals surface area (Å²) in [7, 11) is 0. The third-order valence-electron chi connectivity index (χ3n) is 3.13. The molecule has 0 radical (unpaired) electrons. The number of rotatable bonds is 5. The van der Waals surface area contributed by atoms with Crippen LogP contribution in [0.5, 0.6) is 0 Å². The van der Waals surface area contributed by atoms with Gasteiger partial charge in [0.25, 0.3) is 0 Å². The highest BCUT2D eigenvalue weighted by Crippen LogP contribution is 2.23. The first-order valence-corrected chi connectivity index (χ1v) is 7.53. The summed E-state index contributed by atoms with van der Waals surface area (Å²) >= 11 is 6.24. The zero-order chi connectivity index (χ0) is 15.5. The molecule has 1 atom stereocenters. The molecule has 2 aromatic rings. The van der Waals surface area contributed by atoms with Crippen LogP contribution in [-0.4, -0.2) is 23.0 Å². The van der Waals surface area contributed by atoms with Gasteiger partial charge in [-0.3, -0.25) is 4.79 Å². The van der Waals surface area contributed by atoms with Crippen LogP contribution in [0.2, 0.25) is 0 Å². The van der Waals surface area contributed by atoms with Crippen LogP contribution >= 0.6 is 11.6 Å². The first kappa shape index (κ1) is 15.8. The van der Waals surface area contributed by atoms with Crippen molar-refractivity contribution in [3.05, 3.63) is 30.0 Å². The molecule has 1 aromatic heterocycles. The average molecular weight is 309 g/mol. The van der Waals surface area contributed by atoms with Crippen molar-refractivity contribution < 1.29 is 9.32 Å². The molecule has 0 aliphatic heterocycles. The summed E-state index contributed by atoms with van der Waals surface area (Å²) < 4.78 is 5.19. The van der Waals surface area contributed by atoms with Gasteiger partial charge in [-0.2, -0.15) is 0 Å². The monoisotopic (exact) mass is 308 g/mol. The molecular formula is C16H21ClN2O2. The summed E-state index contributed by atoms with van der Waals surface area (Å²) in [5, 5.41) is 7.62. The Morgan fingerprint density at radius 3 is 2.81 bits per heavy atom. The number of alkyl halides is 1.